The lowest BCUT2D eigenvalue weighted by Crippen LogP contribution is -2.42. The number of nitrogens with zero attached hydrogens (tertiary/aromatic N) is 4. The number of nitrogens with one attached hydrogen (secondary N) is 1. The highest BCUT2D eigenvalue weighted by Gasteiger charge is 2.41. The van der Waals surface area contributed by atoms with Crippen LogP contribution in [0.3, 0.4) is 0 Å². The van der Waals surface area contributed by atoms with Crippen LogP contribution in [0.15, 0.2) is 12.4 Å². The van der Waals surface area contributed by atoms with Gasteiger partial charge in [0.15, 0.2) is 11.3 Å². The molecule has 0 unspecified atom stereocenters. The summed E-state index contributed by atoms with van der Waals surface area (Å²) in [7, 11) is 0. The first-order chi connectivity index (χ1) is 11.1. The van der Waals surface area contributed by atoms with Crippen molar-refractivity contribution in [2.24, 2.45) is 5.41 Å². The number of piperidine rings is 1. The summed E-state index contributed by atoms with van der Waals surface area (Å²) in [6, 6.07) is 0. The van der Waals surface area contributed by atoms with Gasteiger partial charge in [-0.05, 0) is 38.3 Å². The number of aryl methyl sites for hydroxylation is 1. The maximum Gasteiger partial charge on any atom is 0.276 e. The third kappa shape index (κ3) is 2.50. The van der Waals surface area contributed by atoms with Crippen molar-refractivity contribution in [3.8, 4) is 0 Å². The Balaban J connectivity index is 1.61. The van der Waals surface area contributed by atoms with Crippen LogP contribution in [0.5, 0.6) is 0 Å². The molecule has 0 bridgehead atoms. The first-order valence-electron chi connectivity index (χ1n) is 8.09. The van der Waals surface area contributed by atoms with Gasteiger partial charge in [-0.2, -0.15) is 5.10 Å². The van der Waals surface area contributed by atoms with Crippen LogP contribution in [0.2, 0.25) is 5.02 Å². The van der Waals surface area contributed by atoms with Crippen LogP contribution in [0.4, 0.5) is 0 Å². The Kier molecular flexibility index (Phi) is 3.54. The highest BCUT2D eigenvalue weighted by Crippen LogP contribution is 2.37. The Morgan fingerprint density at radius 1 is 1.43 bits per heavy atom. The first kappa shape index (κ1) is 14.9. The van der Waals surface area contributed by atoms with Crippen LogP contribution >= 0.6 is 11.6 Å². The Bertz CT molecular complexity index is 765. The van der Waals surface area contributed by atoms with Crippen molar-refractivity contribution in [2.45, 2.75) is 26.2 Å². The summed E-state index contributed by atoms with van der Waals surface area (Å²) in [5, 5.41) is 8.17. The number of aromatic nitrogens is 3. The summed E-state index contributed by atoms with van der Waals surface area (Å²) < 4.78 is 1.60. The van der Waals surface area contributed by atoms with Crippen LogP contribution < -0.4 is 5.32 Å². The van der Waals surface area contributed by atoms with E-state index < -0.39 is 0 Å². The van der Waals surface area contributed by atoms with Crippen molar-refractivity contribution in [3.05, 3.63) is 28.7 Å². The summed E-state index contributed by atoms with van der Waals surface area (Å²) in [5.74, 6) is -0.0828. The third-order valence-electron chi connectivity index (χ3n) is 5.03. The lowest BCUT2D eigenvalue weighted by Gasteiger charge is -2.33. The third-order valence-corrected chi connectivity index (χ3v) is 5.38. The number of fused-ring (bicyclic) bond motifs is 1. The van der Waals surface area contributed by atoms with Gasteiger partial charge in [0.05, 0.1) is 0 Å². The topological polar surface area (TPSA) is 62.5 Å². The molecular formula is C16H20ClN5O. The second kappa shape index (κ2) is 5.46. The van der Waals surface area contributed by atoms with Gasteiger partial charge in [-0.25, -0.2) is 9.50 Å². The minimum atomic E-state index is -0.0828. The molecule has 0 saturated carbocycles. The Morgan fingerprint density at radius 3 is 3.09 bits per heavy atom. The summed E-state index contributed by atoms with van der Waals surface area (Å²) in [5.41, 5.74) is 2.05. The average molecular weight is 334 g/mol. The number of likely N-dealkylation sites (tertiary alicyclic amines) is 1. The molecule has 2 saturated heterocycles. The molecule has 2 aliphatic rings. The van der Waals surface area contributed by atoms with Gasteiger partial charge < -0.3 is 10.2 Å². The monoisotopic (exact) mass is 333 g/mol. The fraction of sp³-hybridized carbons (Fsp3) is 0.562. The number of halogens is 1. The number of carbonyl (C=O) groups is 1. The molecule has 1 spiro atoms. The molecule has 2 fully saturated rings. The number of hydrogen-bond acceptors (Lipinski definition) is 4. The molecule has 0 aromatic carbocycles. The molecular weight excluding hydrogens is 314 g/mol. The van der Waals surface area contributed by atoms with E-state index in [0.717, 1.165) is 38.2 Å². The summed E-state index contributed by atoms with van der Waals surface area (Å²) >= 11 is 6.35. The van der Waals surface area contributed by atoms with E-state index in [1.165, 1.54) is 12.8 Å². The molecule has 2 aromatic rings. The molecule has 0 aliphatic carbocycles. The van der Waals surface area contributed by atoms with Crippen LogP contribution in [-0.2, 0) is 0 Å². The van der Waals surface area contributed by atoms with Crippen LogP contribution in [0.1, 0.15) is 35.3 Å². The van der Waals surface area contributed by atoms with Gasteiger partial charge in [0, 0.05) is 37.4 Å². The van der Waals surface area contributed by atoms with E-state index >= 15 is 0 Å². The van der Waals surface area contributed by atoms with Crippen LogP contribution in [-0.4, -0.2) is 51.6 Å². The summed E-state index contributed by atoms with van der Waals surface area (Å²) in [6.45, 7) is 5.58. The molecule has 2 aromatic heterocycles. The SMILES string of the molecule is Cc1cnc2c(Cl)c(C(=O)N3CC[C@@]4(CCCNC4)C3)nn2c1. The van der Waals surface area contributed by atoms with Crippen LogP contribution in [0, 0.1) is 12.3 Å². The fourth-order valence-corrected chi connectivity index (χ4v) is 4.03. The van der Waals surface area contributed by atoms with Crippen molar-refractivity contribution in [3.63, 3.8) is 0 Å². The predicted molar refractivity (Wildman–Crippen MR) is 87.8 cm³/mol. The highest BCUT2D eigenvalue weighted by molar-refractivity contribution is 6.36. The number of carbonyl (C=O) groups excluding carboxylic acids is 1. The normalized spacial score (nSPS) is 24.7. The largest absolute Gasteiger partial charge is 0.337 e. The molecule has 4 heterocycles. The minimum absolute atomic E-state index is 0.0828. The van der Waals surface area contributed by atoms with Gasteiger partial charge in [0.1, 0.15) is 5.02 Å². The average Bonchev–Trinajstić information content (AvgIpc) is 3.09. The van der Waals surface area contributed by atoms with Crippen molar-refractivity contribution < 1.29 is 4.79 Å². The standard InChI is InChI=1S/C16H20ClN5O/c1-11-7-19-14-12(17)13(20-22(14)8-11)15(23)21-6-4-16(10-21)3-2-5-18-9-16/h7-8,18H,2-6,9-10H2,1H3/t16-/m1/s1. The molecule has 2 aliphatic heterocycles. The lowest BCUT2D eigenvalue weighted by molar-refractivity contribution is 0.0758. The van der Waals surface area contributed by atoms with E-state index in [4.69, 9.17) is 11.6 Å². The zero-order chi connectivity index (χ0) is 16.0. The quantitative estimate of drug-likeness (QED) is 0.866. The zero-order valence-electron chi connectivity index (χ0n) is 13.2. The van der Waals surface area contributed by atoms with Crippen molar-refractivity contribution in [2.75, 3.05) is 26.2 Å². The molecule has 122 valence electrons. The first-order valence-corrected chi connectivity index (χ1v) is 8.46. The van der Waals surface area contributed by atoms with Crippen LogP contribution in [0.25, 0.3) is 5.65 Å². The van der Waals surface area contributed by atoms with Crippen molar-refractivity contribution >= 4 is 23.2 Å². The maximum absolute atomic E-state index is 12.9. The van der Waals surface area contributed by atoms with E-state index in [1.54, 1.807) is 10.7 Å². The molecule has 1 amide bonds. The van der Waals surface area contributed by atoms with Gasteiger partial charge in [-0.3, -0.25) is 4.79 Å². The molecule has 1 atom stereocenters. The molecule has 4 rings (SSSR count). The maximum atomic E-state index is 12.9. The highest BCUT2D eigenvalue weighted by atomic mass is 35.5. The fourth-order valence-electron chi connectivity index (χ4n) is 3.77. The molecule has 23 heavy (non-hydrogen) atoms. The summed E-state index contributed by atoms with van der Waals surface area (Å²) in [4.78, 5) is 19.0. The van der Waals surface area contributed by atoms with E-state index in [1.807, 2.05) is 18.0 Å². The van der Waals surface area contributed by atoms with E-state index in [2.05, 4.69) is 15.4 Å². The number of hydrogen-bond donors (Lipinski definition) is 1. The Morgan fingerprint density at radius 2 is 2.30 bits per heavy atom. The van der Waals surface area contributed by atoms with Gasteiger partial charge in [-0.1, -0.05) is 11.6 Å². The van der Waals surface area contributed by atoms with Gasteiger partial charge in [0.2, 0.25) is 0 Å². The van der Waals surface area contributed by atoms with Gasteiger partial charge in [-0.15, -0.1) is 0 Å². The van der Waals surface area contributed by atoms with Gasteiger partial charge in [0.25, 0.3) is 5.91 Å². The molecule has 1 N–H and O–H groups in total. The molecule has 7 heteroatoms. The lowest BCUT2D eigenvalue weighted by atomic mass is 9.80. The number of rotatable bonds is 1. The zero-order valence-corrected chi connectivity index (χ0v) is 13.9. The Labute approximate surface area is 139 Å². The van der Waals surface area contributed by atoms with E-state index in [-0.39, 0.29) is 11.3 Å². The van der Waals surface area contributed by atoms with Crippen molar-refractivity contribution in [1.82, 2.24) is 24.8 Å². The van der Waals surface area contributed by atoms with E-state index in [0.29, 0.717) is 16.4 Å². The predicted octanol–water partition coefficient (Wildman–Crippen LogP) is 1.91. The smallest absolute Gasteiger partial charge is 0.276 e. The van der Waals surface area contributed by atoms with Crippen molar-refractivity contribution in [1.29, 1.82) is 0 Å². The van der Waals surface area contributed by atoms with E-state index in [9.17, 15) is 4.79 Å². The second-order valence-electron chi connectivity index (χ2n) is 6.82. The Hall–Kier alpha value is -1.66. The molecule has 0 radical (unpaired) electrons. The summed E-state index contributed by atoms with van der Waals surface area (Å²) in [6.07, 6.45) is 6.98. The minimum Gasteiger partial charge on any atom is -0.337 e. The number of amides is 1. The van der Waals surface area contributed by atoms with Gasteiger partial charge >= 0.3 is 0 Å². The second-order valence-corrected chi connectivity index (χ2v) is 7.20. The molecule has 6 nitrogen and oxygen atoms in total.